The van der Waals surface area contributed by atoms with Gasteiger partial charge >= 0.3 is 0 Å². The smallest absolute Gasteiger partial charge is 0.0713 e. The average Bonchev–Trinajstić information content (AvgIpc) is 3.85. The van der Waals surface area contributed by atoms with Crippen LogP contribution < -0.4 is 4.90 Å². The Balaban J connectivity index is 1.18. The summed E-state index contributed by atoms with van der Waals surface area (Å²) < 4.78 is 2.41. The van der Waals surface area contributed by atoms with Gasteiger partial charge in [-0.25, -0.2) is 0 Å². The predicted molar refractivity (Wildman–Crippen MR) is 264 cm³/mol. The van der Waals surface area contributed by atoms with Crippen LogP contribution in [0.5, 0.6) is 0 Å². The molecule has 2 heteroatoms. The van der Waals surface area contributed by atoms with Gasteiger partial charge < -0.3 is 9.47 Å². The average molecular weight is 803 g/mol. The third kappa shape index (κ3) is 5.87. The van der Waals surface area contributed by atoms with E-state index in [4.69, 9.17) is 0 Å². The number of hydrogen-bond donors (Lipinski definition) is 0. The predicted octanol–water partition coefficient (Wildman–Crippen LogP) is 16.0. The van der Waals surface area contributed by atoms with Gasteiger partial charge in [-0.15, -0.1) is 0 Å². The topological polar surface area (TPSA) is 8.17 Å². The number of benzene rings is 10. The van der Waals surface area contributed by atoms with Gasteiger partial charge in [0.15, 0.2) is 0 Å². The highest BCUT2D eigenvalue weighted by atomic mass is 15.1. The molecule has 0 saturated heterocycles. The van der Waals surface area contributed by atoms with Crippen LogP contribution in [0.3, 0.4) is 0 Å². The van der Waals surface area contributed by atoms with Crippen LogP contribution in [0.2, 0.25) is 0 Å². The maximum absolute atomic E-state index is 2.50. The highest BCUT2D eigenvalue weighted by molar-refractivity contribution is 6.10. The third-order valence-electron chi connectivity index (χ3n) is 13.1. The van der Waals surface area contributed by atoms with Gasteiger partial charge in [-0.05, 0) is 105 Å². The van der Waals surface area contributed by atoms with Crippen molar-refractivity contribution < 1.29 is 0 Å². The molecule has 1 aliphatic rings. The van der Waals surface area contributed by atoms with Crippen molar-refractivity contribution in [2.24, 2.45) is 0 Å². The normalized spacial score (nSPS) is 12.6. The van der Waals surface area contributed by atoms with Crippen molar-refractivity contribution in [2.75, 3.05) is 4.90 Å². The fourth-order valence-electron chi connectivity index (χ4n) is 10.3. The standard InChI is InChI=1S/C61H42N2/c1-6-20-43(21-7-1)44-34-36-49(37-35-44)62(50-38-39-53-52-31-17-19-33-58(52)63(59(53)40-50)48-28-14-5-15-29-48)60-42-55-51-30-16-18-32-56(51)61(46-24-10-3-11-25-46,47-26-12-4-13-27-47)57(55)41-54(60)45-22-8-2-9-23-45/h1-42H. The van der Waals surface area contributed by atoms with Gasteiger partial charge in [0.05, 0.1) is 22.1 Å². The molecule has 2 nitrogen and oxygen atoms in total. The second kappa shape index (κ2) is 15.1. The summed E-state index contributed by atoms with van der Waals surface area (Å²) in [4.78, 5) is 2.48. The summed E-state index contributed by atoms with van der Waals surface area (Å²) in [7, 11) is 0. The number of anilines is 3. The monoisotopic (exact) mass is 802 g/mol. The number of aromatic nitrogens is 1. The summed E-state index contributed by atoms with van der Waals surface area (Å²) in [5, 5.41) is 2.46. The van der Waals surface area contributed by atoms with Crippen LogP contribution in [0.1, 0.15) is 22.3 Å². The van der Waals surface area contributed by atoms with Crippen LogP contribution in [-0.2, 0) is 5.41 Å². The first kappa shape index (κ1) is 36.6. The molecule has 1 aliphatic carbocycles. The van der Waals surface area contributed by atoms with Crippen LogP contribution in [0.4, 0.5) is 17.1 Å². The van der Waals surface area contributed by atoms with E-state index in [-0.39, 0.29) is 0 Å². The van der Waals surface area contributed by atoms with Gasteiger partial charge in [0.25, 0.3) is 0 Å². The van der Waals surface area contributed by atoms with Crippen molar-refractivity contribution in [3.05, 3.63) is 277 Å². The van der Waals surface area contributed by atoms with Crippen LogP contribution in [0.25, 0.3) is 60.9 Å². The van der Waals surface area contributed by atoms with Crippen molar-refractivity contribution >= 4 is 38.9 Å². The molecule has 0 N–H and O–H groups in total. The molecule has 0 aliphatic heterocycles. The number of hydrogen-bond acceptors (Lipinski definition) is 1. The first-order chi connectivity index (χ1) is 31.3. The summed E-state index contributed by atoms with van der Waals surface area (Å²) in [6.45, 7) is 0. The zero-order valence-electron chi connectivity index (χ0n) is 34.6. The van der Waals surface area contributed by atoms with E-state index in [1.807, 2.05) is 0 Å². The number of fused-ring (bicyclic) bond motifs is 6. The minimum Gasteiger partial charge on any atom is -0.310 e. The largest absolute Gasteiger partial charge is 0.310 e. The summed E-state index contributed by atoms with van der Waals surface area (Å²) in [6, 6.07) is 93.4. The molecule has 0 fully saturated rings. The fourth-order valence-corrected chi connectivity index (χ4v) is 10.3. The summed E-state index contributed by atoms with van der Waals surface area (Å²) in [5.41, 5.74) is 18.5. The fraction of sp³-hybridized carbons (Fsp3) is 0.0164. The third-order valence-corrected chi connectivity index (χ3v) is 13.1. The molecular weight excluding hydrogens is 761 g/mol. The first-order valence-corrected chi connectivity index (χ1v) is 21.8. The lowest BCUT2D eigenvalue weighted by atomic mass is 9.67. The second-order valence-electron chi connectivity index (χ2n) is 16.4. The van der Waals surface area contributed by atoms with Gasteiger partial charge in [-0.3, -0.25) is 0 Å². The molecule has 0 unspecified atom stereocenters. The minimum absolute atomic E-state index is 0.534. The van der Waals surface area contributed by atoms with Crippen molar-refractivity contribution in [1.82, 2.24) is 4.57 Å². The SMILES string of the molecule is c1ccc(-c2ccc(N(c3ccc4c5ccccc5n(-c5ccccc5)c4c3)c3cc4c(cc3-c3ccccc3)C(c3ccccc3)(c3ccccc3)c3ccccc3-4)cc2)cc1. The Bertz CT molecular complexity index is 3370. The molecule has 0 spiro atoms. The number of rotatable bonds is 8. The number of para-hydroxylation sites is 2. The lowest BCUT2D eigenvalue weighted by Gasteiger charge is -2.35. The molecule has 0 saturated carbocycles. The summed E-state index contributed by atoms with van der Waals surface area (Å²) in [6.07, 6.45) is 0. The molecule has 11 aromatic rings. The second-order valence-corrected chi connectivity index (χ2v) is 16.4. The molecule has 1 aromatic heterocycles. The van der Waals surface area contributed by atoms with Crippen LogP contribution in [0.15, 0.2) is 255 Å². The van der Waals surface area contributed by atoms with Gasteiger partial charge in [-0.2, -0.15) is 0 Å². The molecule has 0 bridgehead atoms. The molecule has 296 valence electrons. The Morgan fingerprint density at radius 3 is 1.52 bits per heavy atom. The number of nitrogens with zero attached hydrogens (tertiary/aromatic N) is 2. The molecule has 12 rings (SSSR count). The zero-order chi connectivity index (χ0) is 41.7. The highest BCUT2D eigenvalue weighted by Crippen LogP contribution is 2.59. The van der Waals surface area contributed by atoms with E-state index in [0.717, 1.165) is 39.4 Å². The Hall–Kier alpha value is -8.20. The van der Waals surface area contributed by atoms with E-state index >= 15 is 0 Å². The summed E-state index contributed by atoms with van der Waals surface area (Å²) in [5.74, 6) is 0. The van der Waals surface area contributed by atoms with Crippen molar-refractivity contribution in [1.29, 1.82) is 0 Å². The lowest BCUT2D eigenvalue weighted by Crippen LogP contribution is -2.28. The van der Waals surface area contributed by atoms with Crippen molar-refractivity contribution in [2.45, 2.75) is 5.41 Å². The van der Waals surface area contributed by atoms with Crippen LogP contribution in [0, 0.1) is 0 Å². The molecule has 0 atom stereocenters. The minimum atomic E-state index is -0.534. The Kier molecular flexibility index (Phi) is 8.76. The Morgan fingerprint density at radius 2 is 0.841 bits per heavy atom. The van der Waals surface area contributed by atoms with Gasteiger partial charge in [-0.1, -0.05) is 200 Å². The highest BCUT2D eigenvalue weighted by Gasteiger charge is 2.46. The van der Waals surface area contributed by atoms with E-state index in [1.54, 1.807) is 0 Å². The van der Waals surface area contributed by atoms with E-state index in [0.29, 0.717) is 0 Å². The maximum Gasteiger partial charge on any atom is 0.0713 e. The molecular formula is C61H42N2. The van der Waals surface area contributed by atoms with E-state index in [1.165, 1.54) is 60.8 Å². The summed E-state index contributed by atoms with van der Waals surface area (Å²) >= 11 is 0. The zero-order valence-corrected chi connectivity index (χ0v) is 34.6. The molecule has 10 aromatic carbocycles. The lowest BCUT2D eigenvalue weighted by molar-refractivity contribution is 0.769. The molecule has 0 amide bonds. The van der Waals surface area contributed by atoms with E-state index in [2.05, 4.69) is 264 Å². The van der Waals surface area contributed by atoms with Crippen LogP contribution >= 0.6 is 0 Å². The Morgan fingerprint density at radius 1 is 0.317 bits per heavy atom. The molecule has 63 heavy (non-hydrogen) atoms. The van der Waals surface area contributed by atoms with Gasteiger partial charge in [0, 0.05) is 33.4 Å². The van der Waals surface area contributed by atoms with Gasteiger partial charge in [0.2, 0.25) is 0 Å². The van der Waals surface area contributed by atoms with Crippen molar-refractivity contribution in [3.63, 3.8) is 0 Å². The van der Waals surface area contributed by atoms with E-state index < -0.39 is 5.41 Å². The Labute approximate surface area is 368 Å². The molecule has 1 heterocycles. The first-order valence-electron chi connectivity index (χ1n) is 21.8. The van der Waals surface area contributed by atoms with Crippen molar-refractivity contribution in [3.8, 4) is 39.1 Å². The molecule has 0 radical (unpaired) electrons. The maximum atomic E-state index is 2.50. The van der Waals surface area contributed by atoms with E-state index in [9.17, 15) is 0 Å². The van der Waals surface area contributed by atoms with Crippen LogP contribution in [-0.4, -0.2) is 4.57 Å². The quantitative estimate of drug-likeness (QED) is 0.149. The van der Waals surface area contributed by atoms with Gasteiger partial charge in [0.1, 0.15) is 0 Å².